The van der Waals surface area contributed by atoms with E-state index in [2.05, 4.69) is 12.2 Å². The van der Waals surface area contributed by atoms with Crippen molar-refractivity contribution in [2.75, 3.05) is 13.2 Å². The van der Waals surface area contributed by atoms with Gasteiger partial charge in [-0.05, 0) is 25.0 Å². The van der Waals surface area contributed by atoms with Crippen LogP contribution in [0.4, 0.5) is 0 Å². The number of unbranched alkanes of at least 4 members (excludes halogenated alkanes) is 4. The molecule has 0 aromatic heterocycles. The zero-order chi connectivity index (χ0) is 16.2. The molecule has 0 spiro atoms. The molecule has 1 N–H and O–H groups in total. The van der Waals surface area contributed by atoms with Gasteiger partial charge >= 0.3 is 5.97 Å². The van der Waals surface area contributed by atoms with Gasteiger partial charge in [-0.3, -0.25) is 9.59 Å². The molecule has 0 fully saturated rings. The summed E-state index contributed by atoms with van der Waals surface area (Å²) in [6, 6.07) is 7.39. The fourth-order valence-corrected chi connectivity index (χ4v) is 2.16. The van der Waals surface area contributed by atoms with Crippen LogP contribution in [0.25, 0.3) is 0 Å². The van der Waals surface area contributed by atoms with Gasteiger partial charge in [0.1, 0.15) is 0 Å². The molecule has 1 amide bonds. The zero-order valence-electron chi connectivity index (χ0n) is 13.7. The number of hydrogen-bond donors (Lipinski definition) is 1. The molecule has 0 aliphatic carbocycles. The number of benzene rings is 1. The molecule has 0 saturated heterocycles. The van der Waals surface area contributed by atoms with E-state index >= 15 is 0 Å². The largest absolute Gasteiger partial charge is 0.466 e. The van der Waals surface area contributed by atoms with E-state index in [4.69, 9.17) is 4.74 Å². The summed E-state index contributed by atoms with van der Waals surface area (Å²) in [7, 11) is 0. The van der Waals surface area contributed by atoms with Gasteiger partial charge < -0.3 is 10.1 Å². The Morgan fingerprint density at radius 3 is 2.55 bits per heavy atom. The summed E-state index contributed by atoms with van der Waals surface area (Å²) in [5.74, 6) is -0.397. The lowest BCUT2D eigenvalue weighted by Crippen LogP contribution is -2.27. The second-order valence-electron chi connectivity index (χ2n) is 5.46. The summed E-state index contributed by atoms with van der Waals surface area (Å²) in [5, 5.41) is 2.75. The summed E-state index contributed by atoms with van der Waals surface area (Å²) < 4.78 is 5.14. The lowest BCUT2D eigenvalue weighted by atomic mass is 10.1. The first-order valence-corrected chi connectivity index (χ1v) is 8.14. The number of rotatable bonds is 10. The van der Waals surface area contributed by atoms with Crippen molar-refractivity contribution in [1.29, 1.82) is 0 Å². The van der Waals surface area contributed by atoms with E-state index in [-0.39, 0.29) is 18.3 Å². The molecule has 1 rings (SSSR count). The maximum atomic E-state index is 11.9. The monoisotopic (exact) mass is 305 g/mol. The smallest absolute Gasteiger partial charge is 0.307 e. The van der Waals surface area contributed by atoms with Crippen molar-refractivity contribution in [2.24, 2.45) is 0 Å². The second-order valence-corrected chi connectivity index (χ2v) is 5.46. The SMILES string of the molecule is CCCCCCCOC(=O)CCNC(=O)c1ccccc1C. The zero-order valence-corrected chi connectivity index (χ0v) is 13.7. The fraction of sp³-hybridized carbons (Fsp3) is 0.556. The van der Waals surface area contributed by atoms with Gasteiger partial charge in [-0.2, -0.15) is 0 Å². The number of esters is 1. The minimum Gasteiger partial charge on any atom is -0.466 e. The average Bonchev–Trinajstić information content (AvgIpc) is 2.51. The van der Waals surface area contributed by atoms with Crippen LogP contribution in [0.15, 0.2) is 24.3 Å². The van der Waals surface area contributed by atoms with Crippen molar-refractivity contribution in [3.63, 3.8) is 0 Å². The van der Waals surface area contributed by atoms with Gasteiger partial charge in [0, 0.05) is 12.1 Å². The molecule has 0 saturated carbocycles. The Morgan fingerprint density at radius 1 is 1.09 bits per heavy atom. The maximum Gasteiger partial charge on any atom is 0.307 e. The van der Waals surface area contributed by atoms with Gasteiger partial charge in [0.2, 0.25) is 0 Å². The highest BCUT2D eigenvalue weighted by molar-refractivity contribution is 5.95. The van der Waals surface area contributed by atoms with Crippen LogP contribution in [0, 0.1) is 6.92 Å². The number of hydrogen-bond acceptors (Lipinski definition) is 3. The van der Waals surface area contributed by atoms with Crippen molar-refractivity contribution >= 4 is 11.9 Å². The van der Waals surface area contributed by atoms with Crippen molar-refractivity contribution in [1.82, 2.24) is 5.32 Å². The molecule has 4 nitrogen and oxygen atoms in total. The number of nitrogens with one attached hydrogen (secondary N) is 1. The van der Waals surface area contributed by atoms with Crippen LogP contribution >= 0.6 is 0 Å². The molecule has 0 unspecified atom stereocenters. The first kappa shape index (κ1) is 18.2. The summed E-state index contributed by atoms with van der Waals surface area (Å²) in [4.78, 5) is 23.5. The highest BCUT2D eigenvalue weighted by Crippen LogP contribution is 2.06. The fourth-order valence-electron chi connectivity index (χ4n) is 2.16. The molecule has 1 aromatic rings. The summed E-state index contributed by atoms with van der Waals surface area (Å²) in [6.07, 6.45) is 5.87. The van der Waals surface area contributed by atoms with Gasteiger partial charge in [-0.25, -0.2) is 0 Å². The predicted molar refractivity (Wildman–Crippen MR) is 87.8 cm³/mol. The highest BCUT2D eigenvalue weighted by atomic mass is 16.5. The molecule has 0 radical (unpaired) electrons. The van der Waals surface area contributed by atoms with Gasteiger partial charge in [-0.1, -0.05) is 50.8 Å². The molecule has 0 heterocycles. The van der Waals surface area contributed by atoms with Crippen molar-refractivity contribution in [2.45, 2.75) is 52.4 Å². The molecule has 0 aliphatic heterocycles. The lowest BCUT2D eigenvalue weighted by molar-refractivity contribution is -0.143. The summed E-state index contributed by atoms with van der Waals surface area (Å²) >= 11 is 0. The van der Waals surface area contributed by atoms with Gasteiger partial charge in [0.15, 0.2) is 0 Å². The molecule has 0 atom stereocenters. The van der Waals surface area contributed by atoms with Crippen LogP contribution in [0.5, 0.6) is 0 Å². The van der Waals surface area contributed by atoms with E-state index in [1.165, 1.54) is 19.3 Å². The average molecular weight is 305 g/mol. The van der Waals surface area contributed by atoms with Crippen LogP contribution in [-0.4, -0.2) is 25.0 Å². The first-order chi connectivity index (χ1) is 10.6. The number of carbonyl (C=O) groups excluding carboxylic acids is 2. The molecule has 0 aliphatic rings. The standard InChI is InChI=1S/C18H27NO3/c1-3-4-5-6-9-14-22-17(20)12-13-19-18(21)16-11-8-7-10-15(16)2/h7-8,10-11H,3-6,9,12-14H2,1-2H3,(H,19,21). The molecule has 1 aromatic carbocycles. The number of amides is 1. The molecule has 0 bridgehead atoms. The van der Waals surface area contributed by atoms with Crippen LogP contribution in [0.2, 0.25) is 0 Å². The third-order valence-corrected chi connectivity index (χ3v) is 3.52. The minimum absolute atomic E-state index is 0.148. The first-order valence-electron chi connectivity index (χ1n) is 8.14. The van der Waals surface area contributed by atoms with Crippen LogP contribution in [0.3, 0.4) is 0 Å². The van der Waals surface area contributed by atoms with Crippen molar-refractivity contribution < 1.29 is 14.3 Å². The number of ether oxygens (including phenoxy) is 1. The Hall–Kier alpha value is -1.84. The molecule has 122 valence electrons. The van der Waals surface area contributed by atoms with Crippen LogP contribution in [-0.2, 0) is 9.53 Å². The van der Waals surface area contributed by atoms with E-state index in [0.29, 0.717) is 18.7 Å². The molecule has 22 heavy (non-hydrogen) atoms. The summed E-state index contributed by atoms with van der Waals surface area (Å²) in [5.41, 5.74) is 1.57. The quantitative estimate of drug-likeness (QED) is 0.530. The van der Waals surface area contributed by atoms with Crippen LogP contribution < -0.4 is 5.32 Å². The number of carbonyl (C=O) groups is 2. The Kier molecular flexibility index (Phi) is 8.96. The summed E-state index contributed by atoms with van der Waals surface area (Å²) in [6.45, 7) is 4.85. The topological polar surface area (TPSA) is 55.4 Å². The Labute approximate surface area is 133 Å². The third-order valence-electron chi connectivity index (χ3n) is 3.52. The molecular weight excluding hydrogens is 278 g/mol. The third kappa shape index (κ3) is 7.25. The van der Waals surface area contributed by atoms with E-state index in [0.717, 1.165) is 18.4 Å². The Morgan fingerprint density at radius 2 is 1.82 bits per heavy atom. The maximum absolute atomic E-state index is 11.9. The van der Waals surface area contributed by atoms with Gasteiger partial charge in [0.05, 0.1) is 13.0 Å². The second kappa shape index (κ2) is 10.8. The highest BCUT2D eigenvalue weighted by Gasteiger charge is 2.09. The van der Waals surface area contributed by atoms with E-state index in [9.17, 15) is 9.59 Å². The van der Waals surface area contributed by atoms with E-state index in [1.54, 1.807) is 6.07 Å². The predicted octanol–water partition coefficient (Wildman–Crippen LogP) is 3.63. The normalized spacial score (nSPS) is 10.3. The van der Waals surface area contributed by atoms with Crippen LogP contribution in [0.1, 0.15) is 61.4 Å². The molecule has 4 heteroatoms. The Balaban J connectivity index is 2.12. The minimum atomic E-state index is -0.249. The molecular formula is C18H27NO3. The number of aryl methyl sites for hydroxylation is 1. The van der Waals surface area contributed by atoms with Gasteiger partial charge in [0.25, 0.3) is 5.91 Å². The van der Waals surface area contributed by atoms with E-state index in [1.807, 2.05) is 25.1 Å². The van der Waals surface area contributed by atoms with Crippen molar-refractivity contribution in [3.8, 4) is 0 Å². The van der Waals surface area contributed by atoms with Gasteiger partial charge in [-0.15, -0.1) is 0 Å². The lowest BCUT2D eigenvalue weighted by Gasteiger charge is -2.08. The van der Waals surface area contributed by atoms with E-state index < -0.39 is 0 Å². The Bertz CT molecular complexity index is 471. The van der Waals surface area contributed by atoms with Crippen molar-refractivity contribution in [3.05, 3.63) is 35.4 Å².